The largest absolute Gasteiger partial charge is 0.366 e. The summed E-state index contributed by atoms with van der Waals surface area (Å²) in [7, 11) is 0. The van der Waals surface area contributed by atoms with E-state index in [9.17, 15) is 0 Å². The average molecular weight is 347 g/mol. The van der Waals surface area contributed by atoms with Crippen LogP contribution < -0.4 is 11.1 Å². The van der Waals surface area contributed by atoms with Crippen molar-refractivity contribution in [1.29, 1.82) is 0 Å². The molecule has 3 N–H and O–H groups in total. The van der Waals surface area contributed by atoms with Gasteiger partial charge in [0.05, 0.1) is 12.1 Å². The van der Waals surface area contributed by atoms with Gasteiger partial charge in [-0.05, 0) is 41.5 Å². The minimum absolute atomic E-state index is 0.123. The van der Waals surface area contributed by atoms with Crippen molar-refractivity contribution in [2.45, 2.75) is 45.2 Å². The first-order valence-electron chi connectivity index (χ1n) is 9.34. The van der Waals surface area contributed by atoms with Gasteiger partial charge in [0, 0.05) is 0 Å². The molecule has 1 aliphatic rings. The third kappa shape index (κ3) is 3.05. The number of anilines is 2. The van der Waals surface area contributed by atoms with E-state index in [1.165, 1.54) is 22.3 Å². The molecule has 1 aromatic heterocycles. The highest BCUT2D eigenvalue weighted by molar-refractivity contribution is 5.42. The molecule has 0 radical (unpaired) electrons. The molecular weight excluding hydrogens is 322 g/mol. The lowest BCUT2D eigenvalue weighted by Gasteiger charge is -2.31. The van der Waals surface area contributed by atoms with Gasteiger partial charge in [-0.3, -0.25) is 0 Å². The lowest BCUT2D eigenvalue weighted by atomic mass is 9.92. The number of aromatic nitrogens is 3. The van der Waals surface area contributed by atoms with E-state index in [2.05, 4.69) is 77.8 Å². The van der Waals surface area contributed by atoms with Crippen LogP contribution in [0.4, 0.5) is 11.9 Å². The highest BCUT2D eigenvalue weighted by Gasteiger charge is 2.30. The number of nitrogens with two attached hydrogens (primary N) is 1. The average Bonchev–Trinajstić information content (AvgIpc) is 3.07. The standard InChI is InChI=1S/C21H25N5/c1-3-14-5-9-16(10-6-14)18-13-19(17-11-7-15(4-2)8-12-17)26-21(23-18)24-20(22)25-26/h5-12,18-19H,3-4,13H2,1-2H3,(H3,22,23,24,25)/t18-,19+/m0/s1. The van der Waals surface area contributed by atoms with Gasteiger partial charge in [0.2, 0.25) is 11.9 Å². The van der Waals surface area contributed by atoms with Crippen molar-refractivity contribution >= 4 is 11.9 Å². The van der Waals surface area contributed by atoms with Crippen molar-refractivity contribution in [3.8, 4) is 0 Å². The molecule has 2 atom stereocenters. The van der Waals surface area contributed by atoms with Crippen LogP contribution in [0, 0.1) is 0 Å². The van der Waals surface area contributed by atoms with E-state index in [0.29, 0.717) is 5.95 Å². The Labute approximate surface area is 154 Å². The van der Waals surface area contributed by atoms with E-state index in [1.54, 1.807) is 0 Å². The second-order valence-corrected chi connectivity index (χ2v) is 6.88. The minimum atomic E-state index is 0.123. The first kappa shape index (κ1) is 16.6. The number of fused-ring (bicyclic) bond motifs is 1. The Morgan fingerprint density at radius 3 is 2.12 bits per heavy atom. The van der Waals surface area contributed by atoms with Crippen molar-refractivity contribution < 1.29 is 0 Å². The van der Waals surface area contributed by atoms with Crippen LogP contribution in [0.3, 0.4) is 0 Å². The molecule has 0 unspecified atom stereocenters. The molecule has 26 heavy (non-hydrogen) atoms. The van der Waals surface area contributed by atoms with Gasteiger partial charge in [-0.15, -0.1) is 5.10 Å². The van der Waals surface area contributed by atoms with Crippen molar-refractivity contribution in [2.24, 2.45) is 0 Å². The van der Waals surface area contributed by atoms with Crippen LogP contribution in [0.15, 0.2) is 48.5 Å². The molecule has 0 saturated heterocycles. The Kier molecular flexibility index (Phi) is 4.37. The molecule has 1 aliphatic heterocycles. The summed E-state index contributed by atoms with van der Waals surface area (Å²) in [4.78, 5) is 4.39. The van der Waals surface area contributed by atoms with Crippen LogP contribution >= 0.6 is 0 Å². The lowest BCUT2D eigenvalue weighted by molar-refractivity contribution is 0.431. The molecule has 2 heterocycles. The Morgan fingerprint density at radius 1 is 0.962 bits per heavy atom. The van der Waals surface area contributed by atoms with Crippen LogP contribution in [0.2, 0.25) is 0 Å². The van der Waals surface area contributed by atoms with Gasteiger partial charge in [-0.2, -0.15) is 4.98 Å². The van der Waals surface area contributed by atoms with Crippen molar-refractivity contribution in [3.63, 3.8) is 0 Å². The molecule has 2 aromatic carbocycles. The number of hydrogen-bond donors (Lipinski definition) is 2. The van der Waals surface area contributed by atoms with Gasteiger partial charge < -0.3 is 11.1 Å². The molecule has 0 fully saturated rings. The smallest absolute Gasteiger partial charge is 0.241 e. The van der Waals surface area contributed by atoms with Crippen LogP contribution in [0.25, 0.3) is 0 Å². The normalized spacial score (nSPS) is 19.0. The zero-order chi connectivity index (χ0) is 18.1. The number of rotatable bonds is 4. The summed E-state index contributed by atoms with van der Waals surface area (Å²) in [5, 5.41) is 7.93. The summed E-state index contributed by atoms with van der Waals surface area (Å²) in [5.41, 5.74) is 11.1. The lowest BCUT2D eigenvalue weighted by Crippen LogP contribution is -2.28. The fourth-order valence-electron chi connectivity index (χ4n) is 3.65. The number of hydrogen-bond acceptors (Lipinski definition) is 4. The Hall–Kier alpha value is -2.82. The zero-order valence-electron chi connectivity index (χ0n) is 15.3. The third-order valence-electron chi connectivity index (χ3n) is 5.27. The third-order valence-corrected chi connectivity index (χ3v) is 5.27. The monoisotopic (exact) mass is 347 g/mol. The zero-order valence-corrected chi connectivity index (χ0v) is 15.3. The summed E-state index contributed by atoms with van der Waals surface area (Å²) >= 11 is 0. The van der Waals surface area contributed by atoms with Crippen LogP contribution in [-0.2, 0) is 12.8 Å². The highest BCUT2D eigenvalue weighted by Crippen LogP contribution is 2.38. The molecular formula is C21H25N5. The summed E-state index contributed by atoms with van der Waals surface area (Å²) in [6.07, 6.45) is 3.00. The Bertz CT molecular complexity index is 880. The molecule has 134 valence electrons. The predicted octanol–water partition coefficient (Wildman–Crippen LogP) is 4.13. The predicted molar refractivity (Wildman–Crippen MR) is 105 cm³/mol. The van der Waals surface area contributed by atoms with Crippen molar-refractivity contribution in [1.82, 2.24) is 14.8 Å². The fourth-order valence-corrected chi connectivity index (χ4v) is 3.65. The molecule has 0 spiro atoms. The maximum atomic E-state index is 5.88. The molecule has 3 aromatic rings. The number of nitrogen functional groups attached to an aromatic ring is 1. The number of benzene rings is 2. The van der Waals surface area contributed by atoms with Gasteiger partial charge in [0.25, 0.3) is 0 Å². The Balaban J connectivity index is 1.69. The van der Waals surface area contributed by atoms with Crippen LogP contribution in [0.1, 0.15) is 54.6 Å². The summed E-state index contributed by atoms with van der Waals surface area (Å²) in [6.45, 7) is 4.35. The van der Waals surface area contributed by atoms with Gasteiger partial charge in [-0.1, -0.05) is 62.4 Å². The molecule has 5 nitrogen and oxygen atoms in total. The summed E-state index contributed by atoms with van der Waals surface area (Å²) in [6, 6.07) is 17.9. The summed E-state index contributed by atoms with van der Waals surface area (Å²) < 4.78 is 1.92. The van der Waals surface area contributed by atoms with E-state index < -0.39 is 0 Å². The van der Waals surface area contributed by atoms with E-state index >= 15 is 0 Å². The van der Waals surface area contributed by atoms with E-state index in [0.717, 1.165) is 25.2 Å². The van der Waals surface area contributed by atoms with Crippen molar-refractivity contribution in [2.75, 3.05) is 11.1 Å². The van der Waals surface area contributed by atoms with Crippen LogP contribution in [-0.4, -0.2) is 14.8 Å². The first-order chi connectivity index (χ1) is 12.7. The molecule has 0 amide bonds. The maximum absolute atomic E-state index is 5.88. The van der Waals surface area contributed by atoms with E-state index in [-0.39, 0.29) is 12.1 Å². The Morgan fingerprint density at radius 2 is 1.54 bits per heavy atom. The van der Waals surface area contributed by atoms with E-state index in [1.807, 2.05) is 4.68 Å². The topological polar surface area (TPSA) is 68.8 Å². The van der Waals surface area contributed by atoms with E-state index in [4.69, 9.17) is 5.73 Å². The van der Waals surface area contributed by atoms with Gasteiger partial charge in [0.15, 0.2) is 0 Å². The molecule has 0 bridgehead atoms. The van der Waals surface area contributed by atoms with Crippen molar-refractivity contribution in [3.05, 3.63) is 70.8 Å². The second kappa shape index (κ2) is 6.83. The second-order valence-electron chi connectivity index (χ2n) is 6.88. The van der Waals surface area contributed by atoms with Crippen LogP contribution in [0.5, 0.6) is 0 Å². The first-order valence-corrected chi connectivity index (χ1v) is 9.34. The molecule has 0 saturated carbocycles. The quantitative estimate of drug-likeness (QED) is 0.744. The van der Waals surface area contributed by atoms with Gasteiger partial charge >= 0.3 is 0 Å². The molecule has 5 heteroatoms. The number of nitrogens with zero attached hydrogens (tertiary/aromatic N) is 3. The number of aryl methyl sites for hydroxylation is 2. The van der Waals surface area contributed by atoms with Gasteiger partial charge in [0.1, 0.15) is 0 Å². The fraction of sp³-hybridized carbons (Fsp3) is 0.333. The SMILES string of the molecule is CCc1ccc([C@@H]2C[C@H](c3ccc(CC)cc3)n3nc(N)nc3N2)cc1. The number of nitrogens with one attached hydrogen (secondary N) is 1. The van der Waals surface area contributed by atoms with Gasteiger partial charge in [-0.25, -0.2) is 4.68 Å². The highest BCUT2D eigenvalue weighted by atomic mass is 15.4. The molecule has 0 aliphatic carbocycles. The maximum Gasteiger partial charge on any atom is 0.241 e. The summed E-state index contributed by atoms with van der Waals surface area (Å²) in [5.74, 6) is 1.05. The molecule has 4 rings (SSSR count). The minimum Gasteiger partial charge on any atom is -0.366 e.